The smallest absolute Gasteiger partial charge is 0.262 e. The van der Waals surface area contributed by atoms with E-state index in [1.54, 1.807) is 22.8 Å². The number of aryl methyl sites for hydroxylation is 2. The van der Waals surface area contributed by atoms with Gasteiger partial charge in [-0.15, -0.1) is 10.2 Å². The molecule has 2 heterocycles. The van der Waals surface area contributed by atoms with Crippen LogP contribution in [-0.2, 0) is 11.3 Å². The lowest BCUT2D eigenvalue weighted by Crippen LogP contribution is -2.23. The summed E-state index contributed by atoms with van der Waals surface area (Å²) >= 11 is 1.27. The SMILES string of the molecule is CCCn1c(=O)c2ccccc2n2c(SCC(=O)Nc3ccc(Oc4cccc(C)c4)cc3)nnc12. The van der Waals surface area contributed by atoms with Gasteiger partial charge in [-0.2, -0.15) is 0 Å². The first-order chi connectivity index (χ1) is 17.5. The highest BCUT2D eigenvalue weighted by Gasteiger charge is 2.17. The monoisotopic (exact) mass is 499 g/mol. The Bertz CT molecular complexity index is 1610. The zero-order chi connectivity index (χ0) is 25.1. The molecule has 0 aliphatic carbocycles. The molecule has 0 unspecified atom stereocenters. The van der Waals surface area contributed by atoms with Crippen LogP contribution >= 0.6 is 11.8 Å². The Balaban J connectivity index is 1.30. The predicted molar refractivity (Wildman–Crippen MR) is 142 cm³/mol. The summed E-state index contributed by atoms with van der Waals surface area (Å²) in [5.41, 5.74) is 2.43. The number of amides is 1. The van der Waals surface area contributed by atoms with Gasteiger partial charge in [0.05, 0.1) is 16.7 Å². The van der Waals surface area contributed by atoms with E-state index in [1.165, 1.54) is 11.8 Å². The van der Waals surface area contributed by atoms with Crippen molar-refractivity contribution in [2.24, 2.45) is 0 Å². The first kappa shape index (κ1) is 23.6. The van der Waals surface area contributed by atoms with Crippen LogP contribution in [0.4, 0.5) is 5.69 Å². The number of aromatic nitrogens is 4. The Kier molecular flexibility index (Phi) is 6.73. The number of para-hydroxylation sites is 1. The fourth-order valence-corrected chi connectivity index (χ4v) is 4.74. The third-order valence-corrected chi connectivity index (χ3v) is 6.55. The van der Waals surface area contributed by atoms with Crippen LogP contribution in [0.2, 0.25) is 0 Å². The summed E-state index contributed by atoms with van der Waals surface area (Å²) in [7, 11) is 0. The Morgan fingerprint density at radius 2 is 1.81 bits per heavy atom. The molecular weight excluding hydrogens is 474 g/mol. The van der Waals surface area contributed by atoms with Crippen LogP contribution in [0.5, 0.6) is 11.5 Å². The number of carbonyl (C=O) groups is 1. The second kappa shape index (κ2) is 10.2. The third-order valence-electron chi connectivity index (χ3n) is 5.62. The molecule has 0 aliphatic rings. The summed E-state index contributed by atoms with van der Waals surface area (Å²) in [4.78, 5) is 25.6. The molecule has 0 saturated carbocycles. The molecule has 8 nitrogen and oxygen atoms in total. The van der Waals surface area contributed by atoms with E-state index < -0.39 is 0 Å². The molecule has 5 rings (SSSR count). The Morgan fingerprint density at radius 3 is 2.58 bits per heavy atom. The van der Waals surface area contributed by atoms with Crippen molar-refractivity contribution in [3.8, 4) is 11.5 Å². The van der Waals surface area contributed by atoms with Gasteiger partial charge in [-0.1, -0.05) is 43.0 Å². The van der Waals surface area contributed by atoms with Crippen LogP contribution in [0.1, 0.15) is 18.9 Å². The molecule has 5 aromatic rings. The van der Waals surface area contributed by atoms with E-state index in [4.69, 9.17) is 4.74 Å². The van der Waals surface area contributed by atoms with Crippen molar-refractivity contribution in [3.05, 3.63) is 88.7 Å². The largest absolute Gasteiger partial charge is 0.457 e. The van der Waals surface area contributed by atoms with Crippen molar-refractivity contribution in [1.82, 2.24) is 19.2 Å². The van der Waals surface area contributed by atoms with Gasteiger partial charge < -0.3 is 10.1 Å². The summed E-state index contributed by atoms with van der Waals surface area (Å²) in [6.45, 7) is 4.56. The van der Waals surface area contributed by atoms with Gasteiger partial charge >= 0.3 is 0 Å². The number of carbonyl (C=O) groups excluding carboxylic acids is 1. The molecule has 2 aromatic heterocycles. The zero-order valence-corrected chi connectivity index (χ0v) is 20.8. The molecule has 0 spiro atoms. The second-order valence-electron chi connectivity index (χ2n) is 8.37. The summed E-state index contributed by atoms with van der Waals surface area (Å²) in [6.07, 6.45) is 0.792. The van der Waals surface area contributed by atoms with Crippen molar-refractivity contribution >= 4 is 40.0 Å². The lowest BCUT2D eigenvalue weighted by atomic mass is 10.2. The molecule has 182 valence electrons. The summed E-state index contributed by atoms with van der Waals surface area (Å²) < 4.78 is 9.36. The molecule has 9 heteroatoms. The van der Waals surface area contributed by atoms with Crippen LogP contribution < -0.4 is 15.6 Å². The molecule has 36 heavy (non-hydrogen) atoms. The maximum Gasteiger partial charge on any atom is 0.262 e. The molecule has 0 fully saturated rings. The maximum absolute atomic E-state index is 13.0. The van der Waals surface area contributed by atoms with Crippen molar-refractivity contribution in [2.45, 2.75) is 32.0 Å². The minimum Gasteiger partial charge on any atom is -0.457 e. The topological polar surface area (TPSA) is 90.5 Å². The number of thioether (sulfide) groups is 1. The standard InChI is InChI=1S/C27H25N5O3S/c1-3-15-31-25(34)22-9-4-5-10-23(22)32-26(31)29-30-27(32)36-17-24(33)28-19-11-13-20(14-12-19)35-21-8-6-7-18(2)16-21/h4-14,16H,3,15,17H2,1-2H3,(H,28,33). The number of rotatable bonds is 8. The number of ether oxygens (including phenoxy) is 1. The quantitative estimate of drug-likeness (QED) is 0.292. The maximum atomic E-state index is 13.0. The highest BCUT2D eigenvalue weighted by Crippen LogP contribution is 2.25. The zero-order valence-electron chi connectivity index (χ0n) is 20.0. The molecule has 1 N–H and O–H groups in total. The van der Waals surface area contributed by atoms with Crippen LogP contribution in [0.3, 0.4) is 0 Å². The van der Waals surface area contributed by atoms with Gasteiger partial charge in [0.15, 0.2) is 5.16 Å². The van der Waals surface area contributed by atoms with Crippen LogP contribution in [0.15, 0.2) is 82.7 Å². The van der Waals surface area contributed by atoms with E-state index in [0.29, 0.717) is 34.3 Å². The van der Waals surface area contributed by atoms with E-state index in [2.05, 4.69) is 15.5 Å². The number of anilines is 1. The Labute approximate surface area is 211 Å². The third kappa shape index (κ3) is 4.83. The van der Waals surface area contributed by atoms with Gasteiger partial charge in [0.25, 0.3) is 5.56 Å². The van der Waals surface area contributed by atoms with Gasteiger partial charge in [-0.05, 0) is 67.4 Å². The minimum absolute atomic E-state index is 0.0866. The summed E-state index contributed by atoms with van der Waals surface area (Å²) in [6, 6.07) is 22.4. The van der Waals surface area contributed by atoms with E-state index in [-0.39, 0.29) is 17.2 Å². The lowest BCUT2D eigenvalue weighted by Gasteiger charge is -2.10. The lowest BCUT2D eigenvalue weighted by molar-refractivity contribution is -0.113. The normalized spacial score (nSPS) is 11.2. The highest BCUT2D eigenvalue weighted by molar-refractivity contribution is 7.99. The van der Waals surface area contributed by atoms with Crippen LogP contribution in [0, 0.1) is 6.92 Å². The van der Waals surface area contributed by atoms with E-state index in [1.807, 2.05) is 72.8 Å². The van der Waals surface area contributed by atoms with Gasteiger partial charge in [-0.25, -0.2) is 0 Å². The van der Waals surface area contributed by atoms with Gasteiger partial charge in [0.2, 0.25) is 11.7 Å². The van der Waals surface area contributed by atoms with Gasteiger partial charge in [0, 0.05) is 12.2 Å². The molecular formula is C27H25N5O3S. The Morgan fingerprint density at radius 1 is 1.00 bits per heavy atom. The number of fused-ring (bicyclic) bond motifs is 3. The predicted octanol–water partition coefficient (Wildman–Crippen LogP) is 5.29. The fraction of sp³-hybridized carbons (Fsp3) is 0.185. The highest BCUT2D eigenvalue weighted by atomic mass is 32.2. The van der Waals surface area contributed by atoms with E-state index in [9.17, 15) is 9.59 Å². The summed E-state index contributed by atoms with van der Waals surface area (Å²) in [5, 5.41) is 12.6. The number of nitrogens with zero attached hydrogens (tertiary/aromatic N) is 4. The molecule has 0 radical (unpaired) electrons. The number of benzene rings is 3. The van der Waals surface area contributed by atoms with Crippen LogP contribution in [0.25, 0.3) is 16.7 Å². The number of hydrogen-bond acceptors (Lipinski definition) is 6. The fourth-order valence-electron chi connectivity index (χ4n) is 4.00. The van der Waals surface area contributed by atoms with Gasteiger partial charge in [0.1, 0.15) is 11.5 Å². The molecule has 0 bridgehead atoms. The molecule has 1 amide bonds. The molecule has 0 aliphatic heterocycles. The number of hydrogen-bond donors (Lipinski definition) is 1. The van der Waals surface area contributed by atoms with Crippen molar-refractivity contribution in [1.29, 1.82) is 0 Å². The number of nitrogens with one attached hydrogen (secondary N) is 1. The molecule has 3 aromatic carbocycles. The van der Waals surface area contributed by atoms with Crippen LogP contribution in [-0.4, -0.2) is 30.8 Å². The second-order valence-corrected chi connectivity index (χ2v) is 9.31. The van der Waals surface area contributed by atoms with Crippen molar-refractivity contribution in [3.63, 3.8) is 0 Å². The van der Waals surface area contributed by atoms with Crippen molar-refractivity contribution < 1.29 is 9.53 Å². The minimum atomic E-state index is -0.171. The average molecular weight is 500 g/mol. The average Bonchev–Trinajstić information content (AvgIpc) is 3.30. The first-order valence-corrected chi connectivity index (χ1v) is 12.7. The van der Waals surface area contributed by atoms with Gasteiger partial charge in [-0.3, -0.25) is 18.6 Å². The Hall–Kier alpha value is -4.11. The van der Waals surface area contributed by atoms with E-state index in [0.717, 1.165) is 23.3 Å². The van der Waals surface area contributed by atoms with Crippen molar-refractivity contribution in [2.75, 3.05) is 11.1 Å². The molecule has 0 atom stereocenters. The van der Waals surface area contributed by atoms with E-state index >= 15 is 0 Å². The molecule has 0 saturated heterocycles. The first-order valence-electron chi connectivity index (χ1n) is 11.7. The summed E-state index contributed by atoms with van der Waals surface area (Å²) in [5.74, 6) is 1.90.